The second kappa shape index (κ2) is 5.51. The first-order valence-electron chi connectivity index (χ1n) is 4.94. The molecule has 0 unspecified atom stereocenters. The van der Waals surface area contributed by atoms with E-state index >= 15 is 0 Å². The van der Waals surface area contributed by atoms with Gasteiger partial charge in [-0.25, -0.2) is 0 Å². The SMILES string of the molecule is C#CCN(C)[C@H](CC)Cc1ccco1. The number of nitrogens with zero attached hydrogens (tertiary/aromatic N) is 1. The van der Waals surface area contributed by atoms with Crippen molar-refractivity contribution in [2.24, 2.45) is 0 Å². The summed E-state index contributed by atoms with van der Waals surface area (Å²) in [5.74, 6) is 3.69. The van der Waals surface area contributed by atoms with Crippen molar-refractivity contribution < 1.29 is 4.42 Å². The molecule has 0 radical (unpaired) electrons. The van der Waals surface area contributed by atoms with Crippen LogP contribution in [0.3, 0.4) is 0 Å². The fraction of sp³-hybridized carbons (Fsp3) is 0.500. The van der Waals surface area contributed by atoms with Crippen LogP contribution in [0.2, 0.25) is 0 Å². The third-order valence-electron chi connectivity index (χ3n) is 2.45. The second-order valence-electron chi connectivity index (χ2n) is 3.46. The molecule has 2 heteroatoms. The molecule has 1 atom stereocenters. The van der Waals surface area contributed by atoms with Gasteiger partial charge < -0.3 is 4.42 Å². The molecular weight excluding hydrogens is 174 g/mol. The highest BCUT2D eigenvalue weighted by molar-refractivity contribution is 5.01. The summed E-state index contributed by atoms with van der Waals surface area (Å²) in [5, 5.41) is 0. The van der Waals surface area contributed by atoms with Crippen molar-refractivity contribution >= 4 is 0 Å². The van der Waals surface area contributed by atoms with Crippen LogP contribution < -0.4 is 0 Å². The molecule has 76 valence electrons. The van der Waals surface area contributed by atoms with Gasteiger partial charge in [-0.15, -0.1) is 6.42 Å². The van der Waals surface area contributed by atoms with Crippen molar-refractivity contribution in [2.45, 2.75) is 25.8 Å². The maximum atomic E-state index is 5.32. The van der Waals surface area contributed by atoms with Crippen LogP contribution in [0, 0.1) is 12.3 Å². The molecule has 0 saturated heterocycles. The van der Waals surface area contributed by atoms with Crippen LogP contribution in [0.25, 0.3) is 0 Å². The third kappa shape index (κ3) is 2.93. The minimum absolute atomic E-state index is 0.470. The first-order valence-corrected chi connectivity index (χ1v) is 4.94. The first-order chi connectivity index (χ1) is 6.77. The van der Waals surface area contributed by atoms with Crippen molar-refractivity contribution in [3.63, 3.8) is 0 Å². The minimum Gasteiger partial charge on any atom is -0.469 e. The fourth-order valence-corrected chi connectivity index (χ4v) is 1.55. The van der Waals surface area contributed by atoms with Crippen molar-refractivity contribution in [1.29, 1.82) is 0 Å². The van der Waals surface area contributed by atoms with E-state index in [1.54, 1.807) is 6.26 Å². The highest BCUT2D eigenvalue weighted by atomic mass is 16.3. The minimum atomic E-state index is 0.470. The van der Waals surface area contributed by atoms with Crippen molar-refractivity contribution in [3.8, 4) is 12.3 Å². The zero-order chi connectivity index (χ0) is 10.4. The molecule has 0 N–H and O–H groups in total. The van der Waals surface area contributed by atoms with E-state index < -0.39 is 0 Å². The molecule has 14 heavy (non-hydrogen) atoms. The highest BCUT2D eigenvalue weighted by Gasteiger charge is 2.13. The van der Waals surface area contributed by atoms with E-state index in [1.165, 1.54) is 0 Å². The van der Waals surface area contributed by atoms with Crippen molar-refractivity contribution in [1.82, 2.24) is 4.90 Å². The zero-order valence-electron chi connectivity index (χ0n) is 8.86. The number of hydrogen-bond donors (Lipinski definition) is 0. The van der Waals surface area contributed by atoms with Gasteiger partial charge in [0.15, 0.2) is 0 Å². The van der Waals surface area contributed by atoms with Crippen LogP contribution in [0.15, 0.2) is 22.8 Å². The molecule has 0 saturated carbocycles. The molecule has 2 nitrogen and oxygen atoms in total. The predicted molar refractivity (Wildman–Crippen MR) is 58.0 cm³/mol. The quantitative estimate of drug-likeness (QED) is 0.663. The van der Waals surface area contributed by atoms with Gasteiger partial charge in [-0.1, -0.05) is 12.8 Å². The number of hydrogen-bond acceptors (Lipinski definition) is 2. The molecule has 0 fully saturated rings. The lowest BCUT2D eigenvalue weighted by molar-refractivity contribution is 0.250. The Morgan fingerprint density at radius 1 is 1.64 bits per heavy atom. The van der Waals surface area contributed by atoms with E-state index in [4.69, 9.17) is 10.8 Å². The van der Waals surface area contributed by atoms with Gasteiger partial charge in [0.05, 0.1) is 12.8 Å². The second-order valence-corrected chi connectivity index (χ2v) is 3.46. The smallest absolute Gasteiger partial charge is 0.105 e. The lowest BCUT2D eigenvalue weighted by Gasteiger charge is -2.24. The molecule has 0 aromatic carbocycles. The molecule has 0 amide bonds. The zero-order valence-corrected chi connectivity index (χ0v) is 8.86. The summed E-state index contributed by atoms with van der Waals surface area (Å²) in [5.41, 5.74) is 0. The molecule has 0 aliphatic rings. The lowest BCUT2D eigenvalue weighted by Crippen LogP contribution is -2.33. The van der Waals surface area contributed by atoms with E-state index in [1.807, 2.05) is 12.1 Å². The Morgan fingerprint density at radius 3 is 2.93 bits per heavy atom. The summed E-state index contributed by atoms with van der Waals surface area (Å²) >= 11 is 0. The first kappa shape index (κ1) is 10.9. The fourth-order valence-electron chi connectivity index (χ4n) is 1.55. The summed E-state index contributed by atoms with van der Waals surface area (Å²) < 4.78 is 5.32. The number of rotatable bonds is 5. The highest BCUT2D eigenvalue weighted by Crippen LogP contribution is 2.10. The average molecular weight is 191 g/mol. The van der Waals surface area contributed by atoms with E-state index in [9.17, 15) is 0 Å². The summed E-state index contributed by atoms with van der Waals surface area (Å²) in [7, 11) is 2.05. The van der Waals surface area contributed by atoms with Gasteiger partial charge in [0, 0.05) is 12.5 Å². The number of likely N-dealkylation sites (N-methyl/N-ethyl adjacent to an activating group) is 1. The van der Waals surface area contributed by atoms with Crippen LogP contribution in [0.5, 0.6) is 0 Å². The molecule has 0 aliphatic heterocycles. The number of furan rings is 1. The number of terminal acetylenes is 1. The summed E-state index contributed by atoms with van der Waals surface area (Å²) in [6.45, 7) is 2.86. The Bertz CT molecular complexity index is 284. The Balaban J connectivity index is 2.51. The summed E-state index contributed by atoms with van der Waals surface area (Å²) in [4.78, 5) is 2.18. The van der Waals surface area contributed by atoms with Crippen LogP contribution in [-0.4, -0.2) is 24.5 Å². The molecule has 0 bridgehead atoms. The normalized spacial score (nSPS) is 12.7. The average Bonchev–Trinajstić information content (AvgIpc) is 2.66. The third-order valence-corrected chi connectivity index (χ3v) is 2.45. The van der Waals surface area contributed by atoms with Crippen molar-refractivity contribution in [2.75, 3.05) is 13.6 Å². The van der Waals surface area contributed by atoms with Crippen LogP contribution in [0.4, 0.5) is 0 Å². The van der Waals surface area contributed by atoms with E-state index in [0.717, 1.165) is 18.6 Å². The summed E-state index contributed by atoms with van der Waals surface area (Å²) in [6.07, 6.45) is 9.01. The lowest BCUT2D eigenvalue weighted by atomic mass is 10.1. The van der Waals surface area contributed by atoms with Gasteiger partial charge in [0.25, 0.3) is 0 Å². The van der Waals surface area contributed by atoms with E-state index in [0.29, 0.717) is 12.6 Å². The van der Waals surface area contributed by atoms with Gasteiger partial charge in [0.1, 0.15) is 5.76 Å². The monoisotopic (exact) mass is 191 g/mol. The Morgan fingerprint density at radius 2 is 2.43 bits per heavy atom. The topological polar surface area (TPSA) is 16.4 Å². The molecule has 1 rings (SSSR count). The van der Waals surface area contributed by atoms with Gasteiger partial charge in [0.2, 0.25) is 0 Å². The Labute approximate surface area is 85.9 Å². The molecular formula is C12H17NO. The molecule has 0 aliphatic carbocycles. The predicted octanol–water partition coefficient (Wildman–Crippen LogP) is 2.17. The van der Waals surface area contributed by atoms with Crippen LogP contribution >= 0.6 is 0 Å². The maximum absolute atomic E-state index is 5.32. The standard InChI is InChI=1S/C12H17NO/c1-4-8-13(3)11(5-2)10-12-7-6-9-14-12/h1,6-7,9,11H,5,8,10H2,2-3H3/t11-/m1/s1. The molecule has 1 heterocycles. The molecule has 1 aromatic rings. The molecule has 1 aromatic heterocycles. The van der Waals surface area contributed by atoms with Gasteiger partial charge in [-0.3, -0.25) is 4.90 Å². The van der Waals surface area contributed by atoms with Crippen LogP contribution in [0.1, 0.15) is 19.1 Å². The van der Waals surface area contributed by atoms with Crippen molar-refractivity contribution in [3.05, 3.63) is 24.2 Å². The van der Waals surface area contributed by atoms with Gasteiger partial charge in [-0.05, 0) is 25.6 Å². The Hall–Kier alpha value is -1.20. The Kier molecular flexibility index (Phi) is 4.28. The molecule has 0 spiro atoms. The maximum Gasteiger partial charge on any atom is 0.105 e. The van der Waals surface area contributed by atoms with Crippen LogP contribution in [-0.2, 0) is 6.42 Å². The van der Waals surface area contributed by atoms with E-state index in [-0.39, 0.29) is 0 Å². The van der Waals surface area contributed by atoms with E-state index in [2.05, 4.69) is 24.8 Å². The van der Waals surface area contributed by atoms with Gasteiger partial charge in [-0.2, -0.15) is 0 Å². The largest absolute Gasteiger partial charge is 0.469 e. The van der Waals surface area contributed by atoms with Gasteiger partial charge >= 0.3 is 0 Å². The summed E-state index contributed by atoms with van der Waals surface area (Å²) in [6, 6.07) is 4.40.